The molecule has 0 aromatic heterocycles. The molecule has 2 aromatic rings. The molecule has 0 radical (unpaired) electrons. The Hall–Kier alpha value is -2.36. The van der Waals surface area contributed by atoms with E-state index in [0.29, 0.717) is 16.9 Å². The third-order valence-electron chi connectivity index (χ3n) is 3.01. The number of halogens is 1. The summed E-state index contributed by atoms with van der Waals surface area (Å²) in [7, 11) is 1.65. The fourth-order valence-electron chi connectivity index (χ4n) is 1.83. The van der Waals surface area contributed by atoms with Crippen LogP contribution in [0.1, 0.15) is 15.9 Å². The first-order valence-corrected chi connectivity index (χ1v) is 5.89. The summed E-state index contributed by atoms with van der Waals surface area (Å²) in [6, 6.07) is 11.0. The molecule has 2 rings (SSSR count). The Morgan fingerprint density at radius 3 is 2.42 bits per heavy atom. The van der Waals surface area contributed by atoms with Crippen LogP contribution in [0, 0.1) is 12.7 Å². The van der Waals surface area contributed by atoms with Crippen molar-refractivity contribution < 1.29 is 9.18 Å². The van der Waals surface area contributed by atoms with Crippen molar-refractivity contribution in [3.05, 3.63) is 59.4 Å². The molecule has 2 N–H and O–H groups in total. The molecule has 19 heavy (non-hydrogen) atoms. The van der Waals surface area contributed by atoms with Crippen LogP contribution in [0.15, 0.2) is 42.5 Å². The summed E-state index contributed by atoms with van der Waals surface area (Å²) in [6.07, 6.45) is 0. The lowest BCUT2D eigenvalue weighted by molar-refractivity contribution is 0.0992. The van der Waals surface area contributed by atoms with Gasteiger partial charge in [0.25, 0.3) is 5.91 Å². The number of hydrogen-bond acceptors (Lipinski definition) is 2. The minimum Gasteiger partial charge on any atom is -0.399 e. The monoisotopic (exact) mass is 258 g/mol. The third-order valence-corrected chi connectivity index (χ3v) is 3.01. The Labute approximate surface area is 111 Å². The smallest absolute Gasteiger partial charge is 0.258 e. The number of rotatable bonds is 2. The van der Waals surface area contributed by atoms with Crippen molar-refractivity contribution in [2.24, 2.45) is 0 Å². The van der Waals surface area contributed by atoms with E-state index in [1.165, 1.54) is 17.0 Å². The average molecular weight is 258 g/mol. The van der Waals surface area contributed by atoms with E-state index in [-0.39, 0.29) is 11.7 Å². The summed E-state index contributed by atoms with van der Waals surface area (Å²) in [4.78, 5) is 13.9. The van der Waals surface area contributed by atoms with E-state index < -0.39 is 0 Å². The van der Waals surface area contributed by atoms with Crippen molar-refractivity contribution in [1.82, 2.24) is 0 Å². The molecule has 0 aliphatic carbocycles. The van der Waals surface area contributed by atoms with Gasteiger partial charge in [0.2, 0.25) is 0 Å². The number of hydrogen-bond donors (Lipinski definition) is 1. The molecular weight excluding hydrogens is 243 g/mol. The van der Waals surface area contributed by atoms with Crippen LogP contribution >= 0.6 is 0 Å². The molecule has 0 spiro atoms. The molecule has 0 unspecified atom stereocenters. The summed E-state index contributed by atoms with van der Waals surface area (Å²) in [5.74, 6) is -0.499. The van der Waals surface area contributed by atoms with Crippen molar-refractivity contribution in [2.75, 3.05) is 17.7 Å². The molecule has 3 nitrogen and oxygen atoms in total. The quantitative estimate of drug-likeness (QED) is 0.842. The molecule has 4 heteroatoms. The zero-order valence-electron chi connectivity index (χ0n) is 10.9. The molecule has 1 amide bonds. The van der Waals surface area contributed by atoms with Gasteiger partial charge in [0.1, 0.15) is 5.82 Å². The van der Waals surface area contributed by atoms with Gasteiger partial charge >= 0.3 is 0 Å². The Kier molecular flexibility index (Phi) is 3.51. The maximum atomic E-state index is 12.9. The second kappa shape index (κ2) is 5.10. The third kappa shape index (κ3) is 2.73. The standard InChI is InChI=1S/C15H15FN2O/c1-10-3-6-12(17)9-14(10)15(19)18(2)13-7-4-11(16)5-8-13/h3-9H,17H2,1-2H3. The number of nitrogens with zero attached hydrogens (tertiary/aromatic N) is 1. The fourth-order valence-corrected chi connectivity index (χ4v) is 1.83. The minimum absolute atomic E-state index is 0.170. The van der Waals surface area contributed by atoms with Crippen molar-refractivity contribution in [1.29, 1.82) is 0 Å². The number of benzene rings is 2. The van der Waals surface area contributed by atoms with E-state index in [0.717, 1.165) is 5.56 Å². The predicted molar refractivity (Wildman–Crippen MR) is 74.7 cm³/mol. The molecule has 0 saturated heterocycles. The molecule has 98 valence electrons. The fraction of sp³-hybridized carbons (Fsp3) is 0.133. The SMILES string of the molecule is Cc1ccc(N)cc1C(=O)N(C)c1ccc(F)cc1. The van der Waals surface area contributed by atoms with E-state index in [1.807, 2.05) is 6.92 Å². The van der Waals surface area contributed by atoms with Gasteiger partial charge in [-0.1, -0.05) is 6.07 Å². The van der Waals surface area contributed by atoms with E-state index in [4.69, 9.17) is 5.73 Å². The Morgan fingerprint density at radius 2 is 1.79 bits per heavy atom. The van der Waals surface area contributed by atoms with E-state index >= 15 is 0 Å². The number of amides is 1. The van der Waals surface area contributed by atoms with Gasteiger partial charge in [-0.05, 0) is 48.9 Å². The summed E-state index contributed by atoms with van der Waals surface area (Å²) in [5.41, 5.74) is 8.28. The van der Waals surface area contributed by atoms with E-state index in [9.17, 15) is 9.18 Å². The lowest BCUT2D eigenvalue weighted by Gasteiger charge is -2.18. The number of nitrogen functional groups attached to an aromatic ring is 1. The predicted octanol–water partition coefficient (Wildman–Crippen LogP) is 2.99. The normalized spacial score (nSPS) is 10.3. The van der Waals surface area contributed by atoms with E-state index in [1.54, 1.807) is 37.4 Å². The van der Waals surface area contributed by atoms with Crippen LogP contribution in [0.3, 0.4) is 0 Å². The summed E-state index contributed by atoms with van der Waals surface area (Å²) >= 11 is 0. The van der Waals surface area contributed by atoms with Crippen LogP contribution in [0.5, 0.6) is 0 Å². The van der Waals surface area contributed by atoms with Gasteiger partial charge in [-0.15, -0.1) is 0 Å². The second-order valence-corrected chi connectivity index (χ2v) is 4.41. The minimum atomic E-state index is -0.329. The highest BCUT2D eigenvalue weighted by Crippen LogP contribution is 2.19. The molecule has 2 aromatic carbocycles. The first-order valence-electron chi connectivity index (χ1n) is 5.89. The number of aryl methyl sites for hydroxylation is 1. The van der Waals surface area contributed by atoms with Crippen LogP contribution in [0.25, 0.3) is 0 Å². The molecule has 0 aliphatic rings. The highest BCUT2D eigenvalue weighted by atomic mass is 19.1. The molecule has 0 bridgehead atoms. The largest absolute Gasteiger partial charge is 0.399 e. The van der Waals surface area contributed by atoms with Crippen molar-refractivity contribution in [3.8, 4) is 0 Å². The van der Waals surface area contributed by atoms with Gasteiger partial charge in [-0.3, -0.25) is 4.79 Å². The first-order chi connectivity index (χ1) is 8.99. The maximum absolute atomic E-state index is 12.9. The molecular formula is C15H15FN2O. The summed E-state index contributed by atoms with van der Waals surface area (Å²) in [5, 5.41) is 0. The molecule has 0 saturated carbocycles. The molecule has 0 heterocycles. The number of carbonyl (C=O) groups excluding carboxylic acids is 1. The molecule has 0 atom stereocenters. The van der Waals surface area contributed by atoms with Crippen molar-refractivity contribution >= 4 is 17.3 Å². The lowest BCUT2D eigenvalue weighted by Crippen LogP contribution is -2.27. The van der Waals surface area contributed by atoms with Gasteiger partial charge < -0.3 is 10.6 Å². The second-order valence-electron chi connectivity index (χ2n) is 4.41. The number of nitrogens with two attached hydrogens (primary N) is 1. The van der Waals surface area contributed by atoms with Crippen molar-refractivity contribution in [3.63, 3.8) is 0 Å². The van der Waals surface area contributed by atoms with Gasteiger partial charge in [0.05, 0.1) is 0 Å². The van der Waals surface area contributed by atoms with Crippen LogP contribution in [-0.2, 0) is 0 Å². The number of anilines is 2. The lowest BCUT2D eigenvalue weighted by atomic mass is 10.1. The van der Waals surface area contributed by atoms with Gasteiger partial charge in [-0.2, -0.15) is 0 Å². The Balaban J connectivity index is 2.33. The average Bonchev–Trinajstić information content (AvgIpc) is 2.41. The summed E-state index contributed by atoms with van der Waals surface area (Å²) < 4.78 is 12.9. The number of carbonyl (C=O) groups is 1. The Morgan fingerprint density at radius 1 is 1.16 bits per heavy atom. The van der Waals surface area contributed by atoms with Gasteiger partial charge in [-0.25, -0.2) is 4.39 Å². The maximum Gasteiger partial charge on any atom is 0.258 e. The van der Waals surface area contributed by atoms with Crippen LogP contribution < -0.4 is 10.6 Å². The zero-order chi connectivity index (χ0) is 14.0. The Bertz CT molecular complexity index is 608. The zero-order valence-corrected chi connectivity index (χ0v) is 10.9. The first kappa shape index (κ1) is 13.1. The van der Waals surface area contributed by atoms with Crippen molar-refractivity contribution in [2.45, 2.75) is 6.92 Å². The van der Waals surface area contributed by atoms with Gasteiger partial charge in [0.15, 0.2) is 0 Å². The van der Waals surface area contributed by atoms with E-state index in [2.05, 4.69) is 0 Å². The highest BCUT2D eigenvalue weighted by Gasteiger charge is 2.15. The summed E-state index contributed by atoms with van der Waals surface area (Å²) in [6.45, 7) is 1.85. The van der Waals surface area contributed by atoms with Gasteiger partial charge in [0, 0.05) is 24.0 Å². The van der Waals surface area contributed by atoms with Crippen LogP contribution in [0.2, 0.25) is 0 Å². The molecule has 0 aliphatic heterocycles. The van der Waals surface area contributed by atoms with Crippen LogP contribution in [0.4, 0.5) is 15.8 Å². The van der Waals surface area contributed by atoms with Crippen LogP contribution in [-0.4, -0.2) is 13.0 Å². The highest BCUT2D eigenvalue weighted by molar-refractivity contribution is 6.07. The topological polar surface area (TPSA) is 46.3 Å². The molecule has 0 fully saturated rings.